The maximum atomic E-state index is 12.0. The predicted octanol–water partition coefficient (Wildman–Crippen LogP) is 2.37. The summed E-state index contributed by atoms with van der Waals surface area (Å²) in [6, 6.07) is 5.72. The maximum absolute atomic E-state index is 12.0. The van der Waals surface area contributed by atoms with Crippen molar-refractivity contribution in [2.75, 3.05) is 19.7 Å². The Hall–Kier alpha value is -1.07. The standard InChI is InChI=1S/C15H20BrNO3/c1-10(2)15(19)8-17(9-15)14(18)7-20-13-5-4-11(3)6-12(13)16/h4-6,10,19H,7-9H2,1-3H3. The van der Waals surface area contributed by atoms with Crippen LogP contribution in [0.3, 0.4) is 0 Å². The van der Waals surface area contributed by atoms with Crippen LogP contribution in [0.5, 0.6) is 5.75 Å². The molecule has 0 saturated carbocycles. The summed E-state index contributed by atoms with van der Waals surface area (Å²) >= 11 is 3.41. The van der Waals surface area contributed by atoms with Crippen molar-refractivity contribution in [2.45, 2.75) is 26.4 Å². The molecule has 110 valence electrons. The molecule has 1 N–H and O–H groups in total. The molecule has 0 spiro atoms. The third kappa shape index (κ3) is 3.15. The van der Waals surface area contributed by atoms with Gasteiger partial charge in [-0.3, -0.25) is 4.79 Å². The summed E-state index contributed by atoms with van der Waals surface area (Å²) in [5, 5.41) is 10.1. The van der Waals surface area contributed by atoms with E-state index in [9.17, 15) is 9.90 Å². The van der Waals surface area contributed by atoms with E-state index >= 15 is 0 Å². The van der Waals surface area contributed by atoms with Gasteiger partial charge in [0.15, 0.2) is 6.61 Å². The minimum Gasteiger partial charge on any atom is -0.483 e. The van der Waals surface area contributed by atoms with Crippen molar-refractivity contribution in [3.05, 3.63) is 28.2 Å². The molecule has 0 radical (unpaired) electrons. The molecule has 1 aromatic rings. The molecule has 1 fully saturated rings. The Morgan fingerprint density at radius 2 is 2.15 bits per heavy atom. The van der Waals surface area contributed by atoms with E-state index in [0.29, 0.717) is 18.8 Å². The van der Waals surface area contributed by atoms with Crippen LogP contribution in [0, 0.1) is 12.8 Å². The van der Waals surface area contributed by atoms with Crippen molar-refractivity contribution in [2.24, 2.45) is 5.92 Å². The third-order valence-electron chi connectivity index (χ3n) is 3.80. The number of carbonyl (C=O) groups is 1. The van der Waals surface area contributed by atoms with Gasteiger partial charge in [-0.1, -0.05) is 19.9 Å². The van der Waals surface area contributed by atoms with E-state index in [-0.39, 0.29) is 18.4 Å². The zero-order valence-electron chi connectivity index (χ0n) is 12.0. The van der Waals surface area contributed by atoms with Gasteiger partial charge in [0.25, 0.3) is 5.91 Å². The number of amides is 1. The van der Waals surface area contributed by atoms with E-state index in [2.05, 4.69) is 15.9 Å². The topological polar surface area (TPSA) is 49.8 Å². The summed E-state index contributed by atoms with van der Waals surface area (Å²) in [4.78, 5) is 13.6. The average molecular weight is 342 g/mol. The van der Waals surface area contributed by atoms with Crippen LogP contribution < -0.4 is 4.74 Å². The van der Waals surface area contributed by atoms with Crippen molar-refractivity contribution in [3.63, 3.8) is 0 Å². The lowest BCUT2D eigenvalue weighted by Crippen LogP contribution is -2.66. The number of β-amino-alcohol motifs (C(OH)–C–C–N with tert-alkyl or cyclic N) is 1. The van der Waals surface area contributed by atoms with Crippen LogP contribution in [0.4, 0.5) is 0 Å². The Kier molecular flexibility index (Phi) is 4.39. The second-order valence-electron chi connectivity index (χ2n) is 5.73. The second kappa shape index (κ2) is 5.74. The number of rotatable bonds is 4. The number of hydrogen-bond donors (Lipinski definition) is 1. The molecule has 1 aliphatic rings. The summed E-state index contributed by atoms with van der Waals surface area (Å²) in [5.74, 6) is 0.713. The van der Waals surface area contributed by atoms with Crippen LogP contribution in [0.25, 0.3) is 0 Å². The lowest BCUT2D eigenvalue weighted by molar-refractivity contribution is -0.165. The van der Waals surface area contributed by atoms with Gasteiger partial charge in [-0.05, 0) is 46.5 Å². The van der Waals surface area contributed by atoms with Crippen LogP contribution >= 0.6 is 15.9 Å². The molecule has 0 aliphatic carbocycles. The summed E-state index contributed by atoms with van der Waals surface area (Å²) in [5.41, 5.74) is 0.389. The first-order chi connectivity index (χ1) is 9.32. The summed E-state index contributed by atoms with van der Waals surface area (Å²) < 4.78 is 6.36. The molecule has 0 bridgehead atoms. The van der Waals surface area contributed by atoms with Crippen LogP contribution in [0.15, 0.2) is 22.7 Å². The van der Waals surface area contributed by atoms with Gasteiger partial charge in [0.2, 0.25) is 0 Å². The summed E-state index contributed by atoms with van der Waals surface area (Å²) in [6.45, 7) is 6.69. The van der Waals surface area contributed by atoms with Crippen LogP contribution in [-0.4, -0.2) is 41.2 Å². The van der Waals surface area contributed by atoms with Gasteiger partial charge in [0, 0.05) is 0 Å². The fourth-order valence-electron chi connectivity index (χ4n) is 2.11. The van der Waals surface area contributed by atoms with Gasteiger partial charge in [-0.2, -0.15) is 0 Å². The van der Waals surface area contributed by atoms with E-state index in [4.69, 9.17) is 4.74 Å². The minimum atomic E-state index is -0.736. The SMILES string of the molecule is Cc1ccc(OCC(=O)N2CC(O)(C(C)C)C2)c(Br)c1. The van der Waals surface area contributed by atoms with E-state index in [1.54, 1.807) is 4.90 Å². The third-order valence-corrected chi connectivity index (χ3v) is 4.41. The minimum absolute atomic E-state index is 0.00413. The number of ether oxygens (including phenoxy) is 1. The highest BCUT2D eigenvalue weighted by atomic mass is 79.9. The van der Waals surface area contributed by atoms with Gasteiger partial charge in [-0.25, -0.2) is 0 Å². The van der Waals surface area contributed by atoms with Crippen LogP contribution in [0.2, 0.25) is 0 Å². The van der Waals surface area contributed by atoms with Crippen molar-refractivity contribution < 1.29 is 14.6 Å². The number of carbonyl (C=O) groups excluding carboxylic acids is 1. The molecule has 4 nitrogen and oxygen atoms in total. The normalized spacial score (nSPS) is 17.0. The fraction of sp³-hybridized carbons (Fsp3) is 0.533. The van der Waals surface area contributed by atoms with E-state index in [1.165, 1.54) is 0 Å². The van der Waals surface area contributed by atoms with Crippen molar-refractivity contribution in [1.29, 1.82) is 0 Å². The van der Waals surface area contributed by atoms with Gasteiger partial charge < -0.3 is 14.7 Å². The number of aliphatic hydroxyl groups is 1. The number of nitrogens with zero attached hydrogens (tertiary/aromatic N) is 1. The molecule has 1 heterocycles. The zero-order chi connectivity index (χ0) is 14.9. The molecule has 1 aliphatic heterocycles. The summed E-state index contributed by atoms with van der Waals surface area (Å²) in [6.07, 6.45) is 0. The number of hydrogen-bond acceptors (Lipinski definition) is 3. The number of aryl methyl sites for hydroxylation is 1. The Morgan fingerprint density at radius 3 is 2.70 bits per heavy atom. The largest absolute Gasteiger partial charge is 0.483 e. The van der Waals surface area contributed by atoms with E-state index in [0.717, 1.165) is 10.0 Å². The maximum Gasteiger partial charge on any atom is 0.260 e. The molecule has 1 aromatic carbocycles. The highest BCUT2D eigenvalue weighted by Crippen LogP contribution is 2.29. The molecule has 1 saturated heterocycles. The van der Waals surface area contributed by atoms with Gasteiger partial charge in [0.05, 0.1) is 17.6 Å². The first-order valence-corrected chi connectivity index (χ1v) is 7.50. The molecule has 2 rings (SSSR count). The number of benzene rings is 1. The van der Waals surface area contributed by atoms with Crippen LogP contribution in [-0.2, 0) is 4.79 Å². The van der Waals surface area contributed by atoms with E-state index < -0.39 is 5.60 Å². The summed E-state index contributed by atoms with van der Waals surface area (Å²) in [7, 11) is 0. The lowest BCUT2D eigenvalue weighted by atomic mass is 9.83. The van der Waals surface area contributed by atoms with Crippen molar-refractivity contribution in [1.82, 2.24) is 4.90 Å². The van der Waals surface area contributed by atoms with Crippen LogP contribution in [0.1, 0.15) is 19.4 Å². The second-order valence-corrected chi connectivity index (χ2v) is 6.58. The Balaban J connectivity index is 1.85. The molecule has 0 unspecified atom stereocenters. The van der Waals surface area contributed by atoms with Crippen molar-refractivity contribution in [3.8, 4) is 5.75 Å². The number of likely N-dealkylation sites (tertiary alicyclic amines) is 1. The fourth-order valence-corrected chi connectivity index (χ4v) is 2.72. The zero-order valence-corrected chi connectivity index (χ0v) is 13.6. The predicted molar refractivity (Wildman–Crippen MR) is 80.7 cm³/mol. The monoisotopic (exact) mass is 341 g/mol. The first kappa shape index (κ1) is 15.3. The number of halogens is 1. The Labute approximate surface area is 127 Å². The highest BCUT2D eigenvalue weighted by molar-refractivity contribution is 9.10. The molecule has 1 amide bonds. The molecular formula is C15H20BrNO3. The quantitative estimate of drug-likeness (QED) is 0.914. The first-order valence-electron chi connectivity index (χ1n) is 6.71. The molecule has 5 heteroatoms. The Bertz CT molecular complexity index is 510. The van der Waals surface area contributed by atoms with Gasteiger partial charge in [-0.15, -0.1) is 0 Å². The van der Waals surface area contributed by atoms with Gasteiger partial charge >= 0.3 is 0 Å². The molecule has 0 atom stereocenters. The molecular weight excluding hydrogens is 322 g/mol. The molecule has 0 aromatic heterocycles. The average Bonchev–Trinajstić information content (AvgIpc) is 2.33. The van der Waals surface area contributed by atoms with Crippen molar-refractivity contribution >= 4 is 21.8 Å². The Morgan fingerprint density at radius 1 is 1.50 bits per heavy atom. The van der Waals surface area contributed by atoms with Gasteiger partial charge in [0.1, 0.15) is 11.4 Å². The highest BCUT2D eigenvalue weighted by Gasteiger charge is 2.45. The lowest BCUT2D eigenvalue weighted by Gasteiger charge is -2.48. The molecule has 20 heavy (non-hydrogen) atoms. The van der Waals surface area contributed by atoms with E-state index in [1.807, 2.05) is 39.0 Å². The smallest absolute Gasteiger partial charge is 0.260 e.